The first-order chi connectivity index (χ1) is 10.7. The summed E-state index contributed by atoms with van der Waals surface area (Å²) in [4.78, 5) is 26.0. The number of aromatic nitrogens is 2. The molecule has 4 nitrogen and oxygen atoms in total. The molecule has 6 heteroatoms. The molecule has 1 aliphatic heterocycles. The largest absolute Gasteiger partial charge is 0.342 e. The Morgan fingerprint density at radius 1 is 1.27 bits per heavy atom. The Bertz CT molecular complexity index is 721. The van der Waals surface area contributed by atoms with Gasteiger partial charge in [-0.1, -0.05) is 11.8 Å². The molecule has 1 fully saturated rings. The van der Waals surface area contributed by atoms with Gasteiger partial charge in [0.15, 0.2) is 0 Å². The van der Waals surface area contributed by atoms with Crippen LogP contribution in [0, 0.1) is 0 Å². The van der Waals surface area contributed by atoms with Crippen molar-refractivity contribution in [1.82, 2.24) is 14.9 Å². The highest BCUT2D eigenvalue weighted by atomic mass is 32.2. The first-order valence-electron chi connectivity index (χ1n) is 7.95. The van der Waals surface area contributed by atoms with E-state index >= 15 is 0 Å². The van der Waals surface area contributed by atoms with Crippen LogP contribution in [0.4, 0.5) is 0 Å². The van der Waals surface area contributed by atoms with Crippen molar-refractivity contribution in [2.45, 2.75) is 49.3 Å². The van der Waals surface area contributed by atoms with E-state index in [-0.39, 0.29) is 11.2 Å². The van der Waals surface area contributed by atoms with E-state index in [9.17, 15) is 4.79 Å². The lowest BCUT2D eigenvalue weighted by atomic mass is 10.2. The molecule has 0 unspecified atom stereocenters. The molecule has 0 aromatic carbocycles. The minimum Gasteiger partial charge on any atom is -0.342 e. The third kappa shape index (κ3) is 2.42. The van der Waals surface area contributed by atoms with E-state index in [4.69, 9.17) is 0 Å². The van der Waals surface area contributed by atoms with Crippen LogP contribution in [0.2, 0.25) is 0 Å². The molecule has 0 bridgehead atoms. The quantitative estimate of drug-likeness (QED) is 0.639. The third-order valence-electron chi connectivity index (χ3n) is 4.52. The van der Waals surface area contributed by atoms with Crippen LogP contribution < -0.4 is 0 Å². The summed E-state index contributed by atoms with van der Waals surface area (Å²) in [6.07, 6.45) is 7.45. The monoisotopic (exact) mass is 333 g/mol. The molecule has 0 spiro atoms. The highest BCUT2D eigenvalue weighted by Crippen LogP contribution is 2.41. The Hall–Kier alpha value is -1.14. The van der Waals surface area contributed by atoms with Crippen molar-refractivity contribution in [3.8, 4) is 0 Å². The molecule has 1 atom stereocenters. The van der Waals surface area contributed by atoms with Crippen molar-refractivity contribution < 1.29 is 4.79 Å². The molecule has 2 aromatic rings. The molecule has 116 valence electrons. The van der Waals surface area contributed by atoms with Gasteiger partial charge in [-0.3, -0.25) is 4.79 Å². The molecule has 1 saturated heterocycles. The highest BCUT2D eigenvalue weighted by molar-refractivity contribution is 8.00. The summed E-state index contributed by atoms with van der Waals surface area (Å²) in [6.45, 7) is 3.83. The second-order valence-electron chi connectivity index (χ2n) is 6.01. The topological polar surface area (TPSA) is 46.1 Å². The Balaban J connectivity index is 1.62. The lowest BCUT2D eigenvalue weighted by Gasteiger charge is -2.19. The fourth-order valence-electron chi connectivity index (χ4n) is 3.40. The zero-order valence-electron chi connectivity index (χ0n) is 12.7. The smallest absolute Gasteiger partial charge is 0.235 e. The number of thiophene rings is 1. The zero-order valence-corrected chi connectivity index (χ0v) is 14.3. The summed E-state index contributed by atoms with van der Waals surface area (Å²) in [5.41, 5.74) is 1.43. The van der Waals surface area contributed by atoms with Gasteiger partial charge in [-0.15, -0.1) is 11.3 Å². The standard InChI is InChI=1S/C16H19N3OS2/c1-10(16(20)19-7-2-3-8-19)21-14-13-11-5-4-6-12(11)22-15(13)18-9-17-14/h9-10H,2-8H2,1H3/t10-/m0/s1. The summed E-state index contributed by atoms with van der Waals surface area (Å²) in [7, 11) is 0. The van der Waals surface area contributed by atoms with Gasteiger partial charge in [0.2, 0.25) is 5.91 Å². The molecule has 0 saturated carbocycles. The Kier molecular flexibility index (Phi) is 3.82. The van der Waals surface area contributed by atoms with Gasteiger partial charge in [-0.05, 0) is 44.6 Å². The van der Waals surface area contributed by atoms with Crippen molar-refractivity contribution in [2.24, 2.45) is 0 Å². The van der Waals surface area contributed by atoms with Gasteiger partial charge in [0, 0.05) is 23.4 Å². The Labute approximate surface area is 138 Å². The van der Waals surface area contributed by atoms with Crippen molar-refractivity contribution in [3.05, 3.63) is 16.8 Å². The number of carbonyl (C=O) groups is 1. The molecule has 3 heterocycles. The molecular formula is C16H19N3OS2. The van der Waals surface area contributed by atoms with Crippen LogP contribution in [-0.2, 0) is 17.6 Å². The normalized spacial score (nSPS) is 18.9. The number of nitrogens with zero attached hydrogens (tertiary/aromatic N) is 3. The van der Waals surface area contributed by atoms with Crippen LogP contribution in [0.5, 0.6) is 0 Å². The summed E-state index contributed by atoms with van der Waals surface area (Å²) in [6, 6.07) is 0. The molecular weight excluding hydrogens is 314 g/mol. The van der Waals surface area contributed by atoms with Crippen LogP contribution in [0.1, 0.15) is 36.6 Å². The predicted octanol–water partition coefficient (Wildman–Crippen LogP) is 3.28. The fraction of sp³-hybridized carbons (Fsp3) is 0.562. The van der Waals surface area contributed by atoms with E-state index in [1.54, 1.807) is 29.4 Å². The SMILES string of the molecule is C[C@H](Sc1ncnc2sc3c(c12)CCC3)C(=O)N1CCCC1. The maximum absolute atomic E-state index is 12.5. The Morgan fingerprint density at radius 3 is 2.91 bits per heavy atom. The summed E-state index contributed by atoms with van der Waals surface area (Å²) < 4.78 is 0. The summed E-state index contributed by atoms with van der Waals surface area (Å²) in [5.74, 6) is 0.251. The number of rotatable bonds is 3. The van der Waals surface area contributed by atoms with Crippen LogP contribution in [0.3, 0.4) is 0 Å². The Morgan fingerprint density at radius 2 is 2.09 bits per heavy atom. The lowest BCUT2D eigenvalue weighted by molar-refractivity contribution is -0.129. The van der Waals surface area contributed by atoms with Crippen LogP contribution in [-0.4, -0.2) is 39.1 Å². The molecule has 0 radical (unpaired) electrons. The molecule has 1 amide bonds. The second-order valence-corrected chi connectivity index (χ2v) is 8.42. The van der Waals surface area contributed by atoms with Crippen molar-refractivity contribution in [1.29, 1.82) is 0 Å². The number of amides is 1. The van der Waals surface area contributed by atoms with Gasteiger partial charge in [0.1, 0.15) is 16.2 Å². The van der Waals surface area contributed by atoms with Crippen molar-refractivity contribution in [2.75, 3.05) is 13.1 Å². The van der Waals surface area contributed by atoms with Crippen molar-refractivity contribution in [3.63, 3.8) is 0 Å². The van der Waals surface area contributed by atoms with E-state index in [2.05, 4.69) is 9.97 Å². The van der Waals surface area contributed by atoms with Gasteiger partial charge in [0.05, 0.1) is 5.25 Å². The molecule has 1 aliphatic carbocycles. The minimum absolute atomic E-state index is 0.0758. The average molecular weight is 333 g/mol. The maximum Gasteiger partial charge on any atom is 0.235 e. The first-order valence-corrected chi connectivity index (χ1v) is 9.64. The summed E-state index contributed by atoms with van der Waals surface area (Å²) in [5, 5.41) is 2.13. The maximum atomic E-state index is 12.5. The van der Waals surface area contributed by atoms with Crippen LogP contribution in [0.15, 0.2) is 11.4 Å². The van der Waals surface area contributed by atoms with E-state index < -0.39 is 0 Å². The third-order valence-corrected chi connectivity index (χ3v) is 6.81. The van der Waals surface area contributed by atoms with Gasteiger partial charge < -0.3 is 4.90 Å². The molecule has 2 aromatic heterocycles. The zero-order chi connectivity index (χ0) is 15.1. The van der Waals surface area contributed by atoms with Crippen LogP contribution >= 0.6 is 23.1 Å². The summed E-state index contributed by atoms with van der Waals surface area (Å²) >= 11 is 3.40. The van der Waals surface area contributed by atoms with E-state index in [0.29, 0.717) is 0 Å². The fourth-order valence-corrected chi connectivity index (χ4v) is 5.73. The van der Waals surface area contributed by atoms with Crippen LogP contribution in [0.25, 0.3) is 10.2 Å². The second kappa shape index (κ2) is 5.81. The molecule has 0 N–H and O–H groups in total. The van der Waals surface area contributed by atoms with E-state index in [0.717, 1.165) is 42.2 Å². The van der Waals surface area contributed by atoms with Gasteiger partial charge in [0.25, 0.3) is 0 Å². The van der Waals surface area contributed by atoms with E-state index in [1.165, 1.54) is 28.7 Å². The number of aryl methyl sites for hydroxylation is 2. The molecule has 2 aliphatic rings. The number of fused-ring (bicyclic) bond motifs is 3. The van der Waals surface area contributed by atoms with E-state index in [1.807, 2.05) is 11.8 Å². The first kappa shape index (κ1) is 14.5. The number of carbonyl (C=O) groups excluding carboxylic acids is 1. The predicted molar refractivity (Wildman–Crippen MR) is 90.6 cm³/mol. The average Bonchev–Trinajstić information content (AvgIpc) is 3.22. The van der Waals surface area contributed by atoms with Gasteiger partial charge >= 0.3 is 0 Å². The van der Waals surface area contributed by atoms with Crippen molar-refractivity contribution >= 4 is 39.2 Å². The minimum atomic E-state index is -0.0758. The highest BCUT2D eigenvalue weighted by Gasteiger charge is 2.27. The molecule has 4 rings (SSSR count). The lowest BCUT2D eigenvalue weighted by Crippen LogP contribution is -2.34. The number of hydrogen-bond acceptors (Lipinski definition) is 5. The van der Waals surface area contributed by atoms with Gasteiger partial charge in [-0.25, -0.2) is 9.97 Å². The number of likely N-dealkylation sites (tertiary alicyclic amines) is 1. The van der Waals surface area contributed by atoms with Gasteiger partial charge in [-0.2, -0.15) is 0 Å². The number of thioether (sulfide) groups is 1. The number of hydrogen-bond donors (Lipinski definition) is 0. The molecule has 22 heavy (non-hydrogen) atoms.